The molecule has 0 spiro atoms. The maximum Gasteiger partial charge on any atom is 0.332 e. The average Bonchev–Trinajstić information content (AvgIpc) is 2.95. The van der Waals surface area contributed by atoms with Gasteiger partial charge in [0, 0.05) is 30.6 Å². The quantitative estimate of drug-likeness (QED) is 0.769. The summed E-state index contributed by atoms with van der Waals surface area (Å²) in [6, 6.07) is 9.12. The van der Waals surface area contributed by atoms with Crippen molar-refractivity contribution in [2.45, 2.75) is 6.92 Å². The van der Waals surface area contributed by atoms with Crippen LogP contribution in [0.3, 0.4) is 0 Å². The number of nitrogens with zero attached hydrogens (tertiary/aromatic N) is 3. The molecule has 20 heavy (non-hydrogen) atoms. The highest BCUT2D eigenvalue weighted by Gasteiger charge is 2.15. The maximum atomic E-state index is 12.2. The van der Waals surface area contributed by atoms with Gasteiger partial charge in [0.25, 0.3) is 0 Å². The minimum absolute atomic E-state index is 0.109. The molecule has 6 heteroatoms. The number of imidazole rings is 1. The Morgan fingerprint density at radius 3 is 2.65 bits per heavy atom. The SMILES string of the molecule is Cc1cn(C)c(=O)n1-c1ccccc1-c1cc(N)no1. The minimum atomic E-state index is -0.109. The van der Waals surface area contributed by atoms with Crippen LogP contribution in [0.15, 0.2) is 45.8 Å². The third-order valence-corrected chi connectivity index (χ3v) is 3.16. The van der Waals surface area contributed by atoms with Crippen molar-refractivity contribution >= 4 is 5.82 Å². The monoisotopic (exact) mass is 270 g/mol. The van der Waals surface area contributed by atoms with E-state index in [4.69, 9.17) is 10.3 Å². The van der Waals surface area contributed by atoms with Crippen molar-refractivity contribution in [3.8, 4) is 17.0 Å². The number of aromatic nitrogens is 3. The first-order chi connectivity index (χ1) is 9.58. The summed E-state index contributed by atoms with van der Waals surface area (Å²) >= 11 is 0. The second-order valence-corrected chi connectivity index (χ2v) is 4.63. The van der Waals surface area contributed by atoms with Crippen LogP contribution < -0.4 is 11.4 Å². The third kappa shape index (κ3) is 1.82. The summed E-state index contributed by atoms with van der Waals surface area (Å²) in [5, 5.41) is 3.69. The molecule has 102 valence electrons. The van der Waals surface area contributed by atoms with E-state index in [0.29, 0.717) is 11.6 Å². The fraction of sp³-hybridized carbons (Fsp3) is 0.143. The van der Waals surface area contributed by atoms with E-state index in [-0.39, 0.29) is 5.69 Å². The molecule has 0 bridgehead atoms. The number of anilines is 1. The van der Waals surface area contributed by atoms with Crippen LogP contribution in [0.4, 0.5) is 5.82 Å². The van der Waals surface area contributed by atoms with E-state index in [1.165, 1.54) is 0 Å². The van der Waals surface area contributed by atoms with Gasteiger partial charge < -0.3 is 14.8 Å². The predicted molar refractivity (Wildman–Crippen MR) is 75.7 cm³/mol. The summed E-state index contributed by atoms with van der Waals surface area (Å²) in [4.78, 5) is 12.2. The Morgan fingerprint density at radius 2 is 2.05 bits per heavy atom. The molecule has 0 saturated carbocycles. The highest BCUT2D eigenvalue weighted by Crippen LogP contribution is 2.27. The molecule has 0 saturated heterocycles. The van der Waals surface area contributed by atoms with Gasteiger partial charge in [-0.3, -0.25) is 4.57 Å². The van der Waals surface area contributed by atoms with Gasteiger partial charge in [-0.1, -0.05) is 17.3 Å². The highest BCUT2D eigenvalue weighted by atomic mass is 16.5. The van der Waals surface area contributed by atoms with Gasteiger partial charge in [0.15, 0.2) is 11.6 Å². The van der Waals surface area contributed by atoms with Crippen molar-refractivity contribution in [1.29, 1.82) is 0 Å². The molecule has 2 heterocycles. The number of nitrogen functional groups attached to an aromatic ring is 1. The zero-order valence-electron chi connectivity index (χ0n) is 11.2. The Labute approximate surface area is 115 Å². The highest BCUT2D eigenvalue weighted by molar-refractivity contribution is 5.70. The van der Waals surface area contributed by atoms with Crippen molar-refractivity contribution in [3.63, 3.8) is 0 Å². The summed E-state index contributed by atoms with van der Waals surface area (Å²) in [6.07, 6.45) is 1.79. The van der Waals surface area contributed by atoms with Crippen LogP contribution >= 0.6 is 0 Å². The summed E-state index contributed by atoms with van der Waals surface area (Å²) in [5.41, 5.74) is 7.84. The first-order valence-corrected chi connectivity index (χ1v) is 6.15. The van der Waals surface area contributed by atoms with Crippen LogP contribution in [-0.2, 0) is 7.05 Å². The Balaban J connectivity index is 2.28. The van der Waals surface area contributed by atoms with Crippen LogP contribution in [0.5, 0.6) is 0 Å². The van der Waals surface area contributed by atoms with Crippen LogP contribution in [0.2, 0.25) is 0 Å². The standard InChI is InChI=1S/C14H14N4O2/c1-9-8-17(2)14(19)18(9)11-6-4-3-5-10(11)12-7-13(15)16-20-12/h3-8H,1-2H3,(H2,15,16). The van der Waals surface area contributed by atoms with Gasteiger partial charge in [0.1, 0.15) is 0 Å². The second-order valence-electron chi connectivity index (χ2n) is 4.63. The number of hydrogen-bond acceptors (Lipinski definition) is 4. The van der Waals surface area contributed by atoms with E-state index in [9.17, 15) is 4.79 Å². The molecule has 0 aliphatic carbocycles. The molecule has 0 amide bonds. The van der Waals surface area contributed by atoms with Gasteiger partial charge in [-0.2, -0.15) is 0 Å². The van der Waals surface area contributed by atoms with Crippen LogP contribution in [0.25, 0.3) is 17.0 Å². The number of hydrogen-bond donors (Lipinski definition) is 1. The van der Waals surface area contributed by atoms with E-state index in [1.807, 2.05) is 31.2 Å². The zero-order chi connectivity index (χ0) is 14.3. The number of para-hydroxylation sites is 1. The predicted octanol–water partition coefficient (Wildman–Crippen LogP) is 1.72. The lowest BCUT2D eigenvalue weighted by Gasteiger charge is -2.08. The Hall–Kier alpha value is -2.76. The molecule has 6 nitrogen and oxygen atoms in total. The van der Waals surface area contributed by atoms with Crippen LogP contribution in [0, 0.1) is 6.92 Å². The summed E-state index contributed by atoms with van der Waals surface area (Å²) in [7, 11) is 1.72. The summed E-state index contributed by atoms with van der Waals surface area (Å²) in [6.45, 7) is 1.88. The molecule has 3 rings (SSSR count). The van der Waals surface area contributed by atoms with Crippen molar-refractivity contribution in [2.24, 2.45) is 7.05 Å². The molecule has 2 N–H and O–H groups in total. The molecule has 0 unspecified atom stereocenters. The van der Waals surface area contributed by atoms with Crippen molar-refractivity contribution < 1.29 is 4.52 Å². The van der Waals surface area contributed by atoms with Crippen molar-refractivity contribution in [1.82, 2.24) is 14.3 Å². The van der Waals surface area contributed by atoms with Gasteiger partial charge in [-0.05, 0) is 19.1 Å². The lowest BCUT2D eigenvalue weighted by atomic mass is 10.1. The lowest BCUT2D eigenvalue weighted by Crippen LogP contribution is -2.21. The maximum absolute atomic E-state index is 12.2. The first kappa shape index (κ1) is 12.3. The van der Waals surface area contributed by atoms with E-state index in [0.717, 1.165) is 16.9 Å². The average molecular weight is 270 g/mol. The minimum Gasteiger partial charge on any atom is -0.381 e. The zero-order valence-corrected chi connectivity index (χ0v) is 11.2. The van der Waals surface area contributed by atoms with Crippen LogP contribution in [0.1, 0.15) is 5.69 Å². The molecule has 0 fully saturated rings. The lowest BCUT2D eigenvalue weighted by molar-refractivity contribution is 0.435. The first-order valence-electron chi connectivity index (χ1n) is 6.15. The van der Waals surface area contributed by atoms with Crippen LogP contribution in [-0.4, -0.2) is 14.3 Å². The Bertz CT molecular complexity index is 826. The van der Waals surface area contributed by atoms with Gasteiger partial charge in [0.2, 0.25) is 0 Å². The van der Waals surface area contributed by atoms with Gasteiger partial charge in [-0.15, -0.1) is 0 Å². The normalized spacial score (nSPS) is 10.9. The van der Waals surface area contributed by atoms with Gasteiger partial charge in [0.05, 0.1) is 5.69 Å². The smallest absolute Gasteiger partial charge is 0.332 e. The van der Waals surface area contributed by atoms with E-state index in [1.54, 1.807) is 28.4 Å². The van der Waals surface area contributed by atoms with Crippen molar-refractivity contribution in [2.75, 3.05) is 5.73 Å². The molecular weight excluding hydrogens is 256 g/mol. The molecule has 0 radical (unpaired) electrons. The Kier molecular flexibility index (Phi) is 2.71. The molecule has 0 atom stereocenters. The van der Waals surface area contributed by atoms with Crippen molar-refractivity contribution in [3.05, 3.63) is 52.7 Å². The molecule has 3 aromatic rings. The fourth-order valence-corrected chi connectivity index (χ4v) is 2.29. The third-order valence-electron chi connectivity index (χ3n) is 3.16. The molecule has 0 aliphatic heterocycles. The second kappa shape index (κ2) is 4.41. The number of nitrogens with two attached hydrogens (primary N) is 1. The summed E-state index contributed by atoms with van der Waals surface area (Å²) < 4.78 is 8.38. The van der Waals surface area contributed by atoms with E-state index < -0.39 is 0 Å². The Morgan fingerprint density at radius 1 is 1.30 bits per heavy atom. The molecule has 2 aromatic heterocycles. The topological polar surface area (TPSA) is 79.0 Å². The van der Waals surface area contributed by atoms with Gasteiger partial charge in [-0.25, -0.2) is 4.79 Å². The molecular formula is C14H14N4O2. The van der Waals surface area contributed by atoms with Gasteiger partial charge >= 0.3 is 5.69 Å². The number of aryl methyl sites for hydroxylation is 2. The number of rotatable bonds is 2. The summed E-state index contributed by atoms with van der Waals surface area (Å²) in [5.74, 6) is 0.847. The molecule has 1 aromatic carbocycles. The fourth-order valence-electron chi connectivity index (χ4n) is 2.29. The van der Waals surface area contributed by atoms with E-state index in [2.05, 4.69) is 5.16 Å². The number of benzene rings is 1. The van der Waals surface area contributed by atoms with E-state index >= 15 is 0 Å². The molecule has 0 aliphatic rings. The largest absolute Gasteiger partial charge is 0.381 e.